The van der Waals surface area contributed by atoms with Crippen LogP contribution in [0.2, 0.25) is 0 Å². The van der Waals surface area contributed by atoms with Gasteiger partial charge in [-0.25, -0.2) is 4.79 Å². The molecule has 0 saturated carbocycles. The molecule has 1 fully saturated rings. The van der Waals surface area contributed by atoms with Gasteiger partial charge in [-0.05, 0) is 53.6 Å². The van der Waals surface area contributed by atoms with Crippen LogP contribution < -0.4 is 16.0 Å². The van der Waals surface area contributed by atoms with Gasteiger partial charge in [0.1, 0.15) is 5.60 Å². The molecule has 0 bridgehead atoms. The van der Waals surface area contributed by atoms with Crippen molar-refractivity contribution in [1.82, 2.24) is 20.9 Å². The summed E-state index contributed by atoms with van der Waals surface area (Å²) in [7, 11) is 2.15. The fraction of sp³-hybridized carbons (Fsp3) is 0.875. The number of carbonyl (C=O) groups excluding carboxylic acids is 1. The Balaban J connectivity index is 2.26. The van der Waals surface area contributed by atoms with Crippen LogP contribution in [0.15, 0.2) is 4.99 Å². The number of amides is 1. The predicted octanol–water partition coefficient (Wildman–Crippen LogP) is 1.02. The van der Waals surface area contributed by atoms with E-state index in [2.05, 4.69) is 32.9 Å². The molecular formula is C16H33N5O2. The van der Waals surface area contributed by atoms with Crippen molar-refractivity contribution in [1.29, 1.82) is 0 Å². The lowest BCUT2D eigenvalue weighted by molar-refractivity contribution is 0.0529. The molecule has 1 amide bonds. The van der Waals surface area contributed by atoms with Gasteiger partial charge in [-0.15, -0.1) is 0 Å². The summed E-state index contributed by atoms with van der Waals surface area (Å²) in [6.07, 6.45) is 0.815. The lowest BCUT2D eigenvalue weighted by atomic mass is 10.1. The number of rotatable bonds is 6. The summed E-state index contributed by atoms with van der Waals surface area (Å²) in [5.74, 6) is 1.43. The van der Waals surface area contributed by atoms with Gasteiger partial charge in [-0.2, -0.15) is 0 Å². The highest BCUT2D eigenvalue weighted by Crippen LogP contribution is 2.14. The Labute approximate surface area is 140 Å². The zero-order valence-corrected chi connectivity index (χ0v) is 15.2. The topological polar surface area (TPSA) is 78.0 Å². The second-order valence-corrected chi connectivity index (χ2v) is 6.99. The minimum absolute atomic E-state index is 0.393. The van der Waals surface area contributed by atoms with Crippen LogP contribution >= 0.6 is 0 Å². The SMILES string of the molecule is CCNC(=NCC1CCN(C)C1)NCCNC(=O)OC(C)(C)C. The molecule has 3 N–H and O–H groups in total. The van der Waals surface area contributed by atoms with Gasteiger partial charge in [0.2, 0.25) is 0 Å². The first-order chi connectivity index (χ1) is 10.8. The molecule has 0 aromatic heterocycles. The summed E-state index contributed by atoms with van der Waals surface area (Å²) in [5, 5.41) is 9.18. The van der Waals surface area contributed by atoms with Crippen LogP contribution in [0.4, 0.5) is 4.79 Å². The van der Waals surface area contributed by atoms with Gasteiger partial charge in [0, 0.05) is 32.7 Å². The van der Waals surface area contributed by atoms with Gasteiger partial charge in [0.15, 0.2) is 5.96 Å². The lowest BCUT2D eigenvalue weighted by Crippen LogP contribution is -2.42. The molecule has 1 aliphatic rings. The number of aliphatic imine (C=N–C) groups is 1. The summed E-state index contributed by atoms with van der Waals surface area (Å²) in [4.78, 5) is 18.5. The van der Waals surface area contributed by atoms with Crippen molar-refractivity contribution in [2.45, 2.75) is 39.7 Å². The number of hydrogen-bond donors (Lipinski definition) is 3. The van der Waals surface area contributed by atoms with Crippen LogP contribution in [0.1, 0.15) is 34.1 Å². The van der Waals surface area contributed by atoms with E-state index >= 15 is 0 Å². The first-order valence-corrected chi connectivity index (χ1v) is 8.47. The molecule has 1 atom stereocenters. The number of carbonyl (C=O) groups is 1. The maximum Gasteiger partial charge on any atom is 0.407 e. The molecule has 0 spiro atoms. The Bertz CT molecular complexity index is 392. The third-order valence-corrected chi connectivity index (χ3v) is 3.43. The van der Waals surface area contributed by atoms with Crippen molar-refractivity contribution in [3.05, 3.63) is 0 Å². The third-order valence-electron chi connectivity index (χ3n) is 3.43. The van der Waals surface area contributed by atoms with E-state index in [1.807, 2.05) is 27.7 Å². The van der Waals surface area contributed by atoms with Crippen molar-refractivity contribution in [2.24, 2.45) is 10.9 Å². The van der Waals surface area contributed by atoms with Crippen LogP contribution in [-0.2, 0) is 4.74 Å². The molecule has 0 aliphatic carbocycles. The van der Waals surface area contributed by atoms with E-state index in [9.17, 15) is 4.79 Å². The molecule has 1 rings (SSSR count). The number of hydrogen-bond acceptors (Lipinski definition) is 4. The van der Waals surface area contributed by atoms with E-state index in [0.29, 0.717) is 19.0 Å². The summed E-state index contributed by atoms with van der Waals surface area (Å²) < 4.78 is 5.19. The van der Waals surface area contributed by atoms with Crippen LogP contribution in [0.25, 0.3) is 0 Å². The van der Waals surface area contributed by atoms with E-state index in [0.717, 1.165) is 32.1 Å². The lowest BCUT2D eigenvalue weighted by Gasteiger charge is -2.20. The maximum absolute atomic E-state index is 11.5. The van der Waals surface area contributed by atoms with Gasteiger partial charge in [-0.1, -0.05) is 0 Å². The third kappa shape index (κ3) is 9.28. The molecular weight excluding hydrogens is 294 g/mol. The minimum atomic E-state index is -0.470. The van der Waals surface area contributed by atoms with Crippen LogP contribution in [0, 0.1) is 5.92 Å². The van der Waals surface area contributed by atoms with Crippen LogP contribution in [-0.4, -0.2) is 68.9 Å². The zero-order valence-electron chi connectivity index (χ0n) is 15.2. The second-order valence-electron chi connectivity index (χ2n) is 6.99. The van der Waals surface area contributed by atoms with Gasteiger partial charge in [0.25, 0.3) is 0 Å². The quantitative estimate of drug-likeness (QED) is 0.386. The molecule has 1 heterocycles. The van der Waals surface area contributed by atoms with Crippen LogP contribution in [0.5, 0.6) is 0 Å². The second kappa shape index (κ2) is 9.60. The number of guanidine groups is 1. The molecule has 1 saturated heterocycles. The summed E-state index contributed by atoms with van der Waals surface area (Å²) >= 11 is 0. The van der Waals surface area contributed by atoms with Crippen molar-refractivity contribution in [3.8, 4) is 0 Å². The van der Waals surface area contributed by atoms with Crippen molar-refractivity contribution < 1.29 is 9.53 Å². The molecule has 7 heteroatoms. The Hall–Kier alpha value is -1.50. The molecule has 1 unspecified atom stereocenters. The molecule has 0 aromatic rings. The largest absolute Gasteiger partial charge is 0.444 e. The number of nitrogens with one attached hydrogen (secondary N) is 3. The summed E-state index contributed by atoms with van der Waals surface area (Å²) in [5.41, 5.74) is -0.470. The zero-order chi connectivity index (χ0) is 17.3. The standard InChI is InChI=1S/C16H33N5O2/c1-6-17-14(20-11-13-7-10-21(5)12-13)18-8-9-19-15(22)23-16(2,3)4/h13H,6-12H2,1-5H3,(H,19,22)(H2,17,18,20). The highest BCUT2D eigenvalue weighted by molar-refractivity contribution is 5.79. The first-order valence-electron chi connectivity index (χ1n) is 8.47. The fourth-order valence-electron chi connectivity index (χ4n) is 2.40. The minimum Gasteiger partial charge on any atom is -0.444 e. The van der Waals surface area contributed by atoms with Crippen molar-refractivity contribution in [2.75, 3.05) is 46.3 Å². The highest BCUT2D eigenvalue weighted by Gasteiger charge is 2.19. The maximum atomic E-state index is 11.5. The number of alkyl carbamates (subject to hydrolysis) is 1. The van der Waals surface area contributed by atoms with Gasteiger partial charge < -0.3 is 25.6 Å². The number of nitrogens with zero attached hydrogens (tertiary/aromatic N) is 2. The predicted molar refractivity (Wildman–Crippen MR) is 93.8 cm³/mol. The van der Waals surface area contributed by atoms with Gasteiger partial charge >= 0.3 is 6.09 Å². The molecule has 0 aromatic carbocycles. The van der Waals surface area contributed by atoms with Crippen LogP contribution in [0.3, 0.4) is 0 Å². The number of ether oxygens (including phenoxy) is 1. The Kier molecular flexibility index (Phi) is 8.16. The van der Waals surface area contributed by atoms with Gasteiger partial charge in [0.05, 0.1) is 0 Å². The van der Waals surface area contributed by atoms with E-state index in [4.69, 9.17) is 4.74 Å². The van der Waals surface area contributed by atoms with E-state index in [-0.39, 0.29) is 0 Å². The van der Waals surface area contributed by atoms with E-state index in [1.165, 1.54) is 6.42 Å². The fourth-order valence-corrected chi connectivity index (χ4v) is 2.40. The van der Waals surface area contributed by atoms with Gasteiger partial charge in [-0.3, -0.25) is 4.99 Å². The average Bonchev–Trinajstić information content (AvgIpc) is 2.84. The van der Waals surface area contributed by atoms with Crippen molar-refractivity contribution >= 4 is 12.1 Å². The Morgan fingerprint density at radius 1 is 1.26 bits per heavy atom. The normalized spacial score (nSPS) is 19.5. The van der Waals surface area contributed by atoms with E-state index < -0.39 is 11.7 Å². The highest BCUT2D eigenvalue weighted by atomic mass is 16.6. The van der Waals surface area contributed by atoms with Crippen molar-refractivity contribution in [3.63, 3.8) is 0 Å². The number of likely N-dealkylation sites (tertiary alicyclic amines) is 1. The smallest absolute Gasteiger partial charge is 0.407 e. The molecule has 134 valence electrons. The summed E-state index contributed by atoms with van der Waals surface area (Å²) in [6, 6.07) is 0. The molecule has 7 nitrogen and oxygen atoms in total. The Morgan fingerprint density at radius 2 is 1.96 bits per heavy atom. The summed E-state index contributed by atoms with van der Waals surface area (Å²) in [6.45, 7) is 12.6. The molecule has 0 radical (unpaired) electrons. The monoisotopic (exact) mass is 327 g/mol. The first kappa shape index (κ1) is 19.5. The Morgan fingerprint density at radius 3 is 2.52 bits per heavy atom. The molecule has 1 aliphatic heterocycles. The average molecular weight is 327 g/mol. The molecule has 23 heavy (non-hydrogen) atoms. The van der Waals surface area contributed by atoms with E-state index in [1.54, 1.807) is 0 Å².